The molecule has 0 saturated carbocycles. The molecule has 32 heavy (non-hydrogen) atoms. The van der Waals surface area contributed by atoms with E-state index in [1.807, 2.05) is 12.1 Å². The fourth-order valence-electron chi connectivity index (χ4n) is 4.65. The fraction of sp³-hybridized carbons (Fsp3) is 0.333. The van der Waals surface area contributed by atoms with Crippen LogP contribution in [0.4, 0.5) is 11.4 Å². The van der Waals surface area contributed by atoms with Gasteiger partial charge in [0.15, 0.2) is 0 Å². The number of hydrogen-bond acceptors (Lipinski definition) is 6. The molecule has 8 nitrogen and oxygen atoms in total. The minimum Gasteiger partial charge on any atom is -0.312 e. The van der Waals surface area contributed by atoms with Crippen LogP contribution in [0.3, 0.4) is 0 Å². The van der Waals surface area contributed by atoms with Crippen molar-refractivity contribution in [3.05, 3.63) is 58.7 Å². The van der Waals surface area contributed by atoms with Crippen molar-refractivity contribution in [3.63, 3.8) is 0 Å². The summed E-state index contributed by atoms with van der Waals surface area (Å²) in [4.78, 5) is 54.0. The fourth-order valence-corrected chi connectivity index (χ4v) is 4.65. The summed E-state index contributed by atoms with van der Waals surface area (Å²) < 4.78 is 0. The maximum atomic E-state index is 13.2. The summed E-state index contributed by atoms with van der Waals surface area (Å²) in [6.07, 6.45) is -0.547. The number of benzene rings is 2. The first-order valence-corrected chi connectivity index (χ1v) is 10.5. The summed E-state index contributed by atoms with van der Waals surface area (Å²) in [5.41, 5.74) is 4.00. The van der Waals surface area contributed by atoms with Gasteiger partial charge in [0, 0.05) is 0 Å². The van der Waals surface area contributed by atoms with E-state index in [1.165, 1.54) is 0 Å². The van der Waals surface area contributed by atoms with Gasteiger partial charge in [0.05, 0.1) is 24.2 Å². The van der Waals surface area contributed by atoms with Gasteiger partial charge < -0.3 is 5.21 Å². The van der Waals surface area contributed by atoms with Crippen LogP contribution in [0.2, 0.25) is 0 Å². The highest BCUT2D eigenvalue weighted by Crippen LogP contribution is 2.34. The number of rotatable bonds is 4. The third-order valence-corrected chi connectivity index (χ3v) is 6.21. The molecule has 2 aliphatic rings. The molecule has 4 amide bonds. The van der Waals surface area contributed by atoms with E-state index < -0.39 is 35.7 Å². The second kappa shape index (κ2) is 7.96. The Kier molecular flexibility index (Phi) is 5.44. The number of aryl methyl sites for hydroxylation is 4. The van der Waals surface area contributed by atoms with Crippen LogP contribution in [0.15, 0.2) is 36.4 Å². The molecule has 8 heteroatoms. The average Bonchev–Trinajstić information content (AvgIpc) is 3.18. The molecule has 1 N–H and O–H groups in total. The maximum Gasteiger partial charge on any atom is 0.254 e. The monoisotopic (exact) mass is 435 g/mol. The molecular weight excluding hydrogens is 410 g/mol. The molecule has 0 radical (unpaired) electrons. The number of nitrogens with zero attached hydrogens (tertiary/aromatic N) is 3. The van der Waals surface area contributed by atoms with Crippen LogP contribution >= 0.6 is 0 Å². The lowest BCUT2D eigenvalue weighted by atomic mass is 10.1. The molecule has 0 aliphatic carbocycles. The summed E-state index contributed by atoms with van der Waals surface area (Å²) in [6, 6.07) is 8.40. The minimum absolute atomic E-state index is 0.273. The van der Waals surface area contributed by atoms with Crippen LogP contribution in [0.5, 0.6) is 0 Å². The van der Waals surface area contributed by atoms with Gasteiger partial charge in [-0.1, -0.05) is 36.4 Å². The van der Waals surface area contributed by atoms with Gasteiger partial charge in [-0.15, -0.1) is 0 Å². The van der Waals surface area contributed by atoms with Crippen LogP contribution in [-0.4, -0.2) is 46.0 Å². The van der Waals surface area contributed by atoms with E-state index in [4.69, 9.17) is 0 Å². The standard InChI is InChI=1S/C24H25N3O5/c1-13-7-5-8-14(2)21(13)25-19(28)11-17(23(25)30)27(32)18-12-20(29)26(24(18)31)22-15(3)9-6-10-16(22)4/h5-10,17-18,32H,11-12H2,1-4H3/t17-,18-/m0/s1. The smallest absolute Gasteiger partial charge is 0.254 e. The Balaban J connectivity index is 1.62. The molecular formula is C24H25N3O5. The number of para-hydroxylation sites is 2. The number of carbonyl (C=O) groups is 4. The van der Waals surface area contributed by atoms with Gasteiger partial charge >= 0.3 is 0 Å². The molecule has 4 rings (SSSR count). The lowest BCUT2D eigenvalue weighted by Gasteiger charge is -2.26. The summed E-state index contributed by atoms with van der Waals surface area (Å²) in [5.74, 6) is -2.14. The zero-order valence-electron chi connectivity index (χ0n) is 18.5. The third-order valence-electron chi connectivity index (χ3n) is 6.21. The molecule has 2 heterocycles. The molecule has 166 valence electrons. The number of hydrogen-bond donors (Lipinski definition) is 1. The Morgan fingerprint density at radius 3 is 1.31 bits per heavy atom. The number of imide groups is 2. The Morgan fingerprint density at radius 1 is 0.688 bits per heavy atom. The van der Waals surface area contributed by atoms with E-state index >= 15 is 0 Å². The second-order valence-corrected chi connectivity index (χ2v) is 8.44. The molecule has 2 atom stereocenters. The van der Waals surface area contributed by atoms with Crippen LogP contribution in [0.1, 0.15) is 35.1 Å². The number of anilines is 2. The summed E-state index contributed by atoms with van der Waals surface area (Å²) >= 11 is 0. The highest BCUT2D eigenvalue weighted by atomic mass is 16.5. The van der Waals surface area contributed by atoms with Crippen molar-refractivity contribution in [1.29, 1.82) is 0 Å². The quantitative estimate of drug-likeness (QED) is 0.586. The van der Waals surface area contributed by atoms with Crippen molar-refractivity contribution < 1.29 is 24.4 Å². The molecule has 2 aliphatic heterocycles. The minimum atomic E-state index is -1.24. The molecule has 2 aromatic rings. The Morgan fingerprint density at radius 2 is 1.00 bits per heavy atom. The molecule has 0 spiro atoms. The van der Waals surface area contributed by atoms with Crippen molar-refractivity contribution in [2.75, 3.05) is 9.80 Å². The van der Waals surface area contributed by atoms with Crippen LogP contribution in [-0.2, 0) is 19.2 Å². The highest BCUT2D eigenvalue weighted by Gasteiger charge is 2.51. The van der Waals surface area contributed by atoms with Crippen molar-refractivity contribution in [3.8, 4) is 0 Å². The van der Waals surface area contributed by atoms with Gasteiger partial charge in [-0.3, -0.25) is 19.2 Å². The Bertz CT molecular complexity index is 1030. The Hall–Kier alpha value is -3.36. The van der Waals surface area contributed by atoms with Crippen molar-refractivity contribution >= 4 is 35.0 Å². The van der Waals surface area contributed by atoms with Crippen LogP contribution < -0.4 is 9.80 Å². The van der Waals surface area contributed by atoms with Gasteiger partial charge in [0.1, 0.15) is 12.1 Å². The molecule has 2 fully saturated rings. The van der Waals surface area contributed by atoms with Crippen molar-refractivity contribution in [2.24, 2.45) is 0 Å². The normalized spacial score (nSPS) is 21.4. The van der Waals surface area contributed by atoms with Crippen LogP contribution in [0, 0.1) is 27.7 Å². The first-order chi connectivity index (χ1) is 15.1. The summed E-state index contributed by atoms with van der Waals surface area (Å²) in [6.45, 7) is 7.20. The topological polar surface area (TPSA) is 98.2 Å². The lowest BCUT2D eigenvalue weighted by molar-refractivity contribution is -0.172. The average molecular weight is 435 g/mol. The predicted octanol–water partition coefficient (Wildman–Crippen LogP) is 2.58. The largest absolute Gasteiger partial charge is 0.312 e. The van der Waals surface area contributed by atoms with E-state index in [2.05, 4.69) is 0 Å². The van der Waals surface area contributed by atoms with Gasteiger partial charge in [0.2, 0.25) is 11.8 Å². The number of carbonyl (C=O) groups excluding carboxylic acids is 4. The van der Waals surface area contributed by atoms with Crippen molar-refractivity contribution in [2.45, 2.75) is 52.6 Å². The van der Waals surface area contributed by atoms with Gasteiger partial charge in [-0.05, 0) is 49.9 Å². The first kappa shape index (κ1) is 21.9. The molecule has 2 saturated heterocycles. The molecule has 0 unspecified atom stereocenters. The molecule has 0 bridgehead atoms. The highest BCUT2D eigenvalue weighted by molar-refractivity contribution is 6.25. The van der Waals surface area contributed by atoms with E-state index in [-0.39, 0.29) is 12.8 Å². The zero-order chi connectivity index (χ0) is 23.3. The number of hydroxylamine groups is 2. The Labute approximate surface area is 186 Å². The van der Waals surface area contributed by atoms with E-state index in [1.54, 1.807) is 52.0 Å². The zero-order valence-corrected chi connectivity index (χ0v) is 18.5. The van der Waals surface area contributed by atoms with Crippen LogP contribution in [0.25, 0.3) is 0 Å². The van der Waals surface area contributed by atoms with E-state index in [9.17, 15) is 24.4 Å². The molecule has 0 aromatic heterocycles. The SMILES string of the molecule is Cc1cccc(C)c1N1C(=O)C[C@H](N(O)[C@H]2CC(=O)N(c3c(C)cccc3C)C2=O)C1=O. The van der Waals surface area contributed by atoms with Gasteiger partial charge in [-0.2, -0.15) is 5.06 Å². The summed E-state index contributed by atoms with van der Waals surface area (Å²) in [5, 5.41) is 11.5. The molecule has 2 aromatic carbocycles. The van der Waals surface area contributed by atoms with Crippen molar-refractivity contribution in [1.82, 2.24) is 5.06 Å². The van der Waals surface area contributed by atoms with E-state index in [0.717, 1.165) is 32.1 Å². The third kappa shape index (κ3) is 3.32. The maximum absolute atomic E-state index is 13.2. The predicted molar refractivity (Wildman–Crippen MR) is 117 cm³/mol. The summed E-state index contributed by atoms with van der Waals surface area (Å²) in [7, 11) is 0. The lowest BCUT2D eigenvalue weighted by Crippen LogP contribution is -2.49. The van der Waals surface area contributed by atoms with Gasteiger partial charge in [-0.25, -0.2) is 9.80 Å². The van der Waals surface area contributed by atoms with E-state index in [0.29, 0.717) is 16.4 Å². The first-order valence-electron chi connectivity index (χ1n) is 10.5. The second-order valence-electron chi connectivity index (χ2n) is 8.44. The number of amides is 4. The van der Waals surface area contributed by atoms with Gasteiger partial charge in [0.25, 0.3) is 11.8 Å².